The standard InChI is InChI=1S/C17H18ClN7/c18-14-7-11(3-5-21-14)17(8-10-1-2-10)12(9-23-16(20)25-17)13-4-6-22-15(19)24-13/h3-7,9-10H,1-2,8H2,(H2,19,22,24)(H3,20,23,25). The third-order valence-electron chi connectivity index (χ3n) is 4.56. The molecule has 25 heavy (non-hydrogen) atoms. The third-order valence-corrected chi connectivity index (χ3v) is 4.76. The molecule has 0 spiro atoms. The summed E-state index contributed by atoms with van der Waals surface area (Å²) in [7, 11) is 0. The lowest BCUT2D eigenvalue weighted by Gasteiger charge is -2.36. The van der Waals surface area contributed by atoms with Crippen molar-refractivity contribution in [2.24, 2.45) is 16.6 Å². The van der Waals surface area contributed by atoms with Crippen LogP contribution < -0.4 is 16.8 Å². The molecule has 0 amide bonds. The van der Waals surface area contributed by atoms with Crippen molar-refractivity contribution in [1.29, 1.82) is 0 Å². The summed E-state index contributed by atoms with van der Waals surface area (Å²) in [6.45, 7) is 0. The molecule has 1 atom stereocenters. The van der Waals surface area contributed by atoms with Gasteiger partial charge in [0.05, 0.1) is 5.69 Å². The van der Waals surface area contributed by atoms with Crippen LogP contribution in [0.4, 0.5) is 5.95 Å². The second kappa shape index (κ2) is 6.00. The van der Waals surface area contributed by atoms with Crippen molar-refractivity contribution in [3.05, 3.63) is 53.2 Å². The highest BCUT2D eigenvalue weighted by Gasteiger charge is 2.44. The van der Waals surface area contributed by atoms with Crippen LogP contribution in [0.15, 0.2) is 41.8 Å². The molecule has 4 rings (SSSR count). The number of hydrogen-bond donors (Lipinski definition) is 3. The quantitative estimate of drug-likeness (QED) is 0.723. The van der Waals surface area contributed by atoms with Crippen LogP contribution >= 0.6 is 11.6 Å². The number of nitrogen functional groups attached to an aromatic ring is 1. The van der Waals surface area contributed by atoms with Crippen LogP contribution in [-0.2, 0) is 5.54 Å². The average Bonchev–Trinajstić information content (AvgIpc) is 3.39. The summed E-state index contributed by atoms with van der Waals surface area (Å²) < 4.78 is 0. The Kier molecular flexibility index (Phi) is 3.80. The van der Waals surface area contributed by atoms with Gasteiger partial charge in [0.1, 0.15) is 10.7 Å². The average molecular weight is 356 g/mol. The minimum absolute atomic E-state index is 0.217. The fraction of sp³-hybridized carbons (Fsp3) is 0.294. The molecule has 2 aromatic rings. The van der Waals surface area contributed by atoms with E-state index in [9.17, 15) is 0 Å². The van der Waals surface area contributed by atoms with Crippen molar-refractivity contribution >= 4 is 29.1 Å². The molecule has 0 aromatic carbocycles. The maximum Gasteiger partial charge on any atom is 0.220 e. The summed E-state index contributed by atoms with van der Waals surface area (Å²) >= 11 is 6.16. The Balaban J connectivity index is 1.91. The summed E-state index contributed by atoms with van der Waals surface area (Å²) in [6.07, 6.45) is 8.37. The summed E-state index contributed by atoms with van der Waals surface area (Å²) in [6, 6.07) is 5.59. The molecular formula is C17H18ClN7. The van der Waals surface area contributed by atoms with Gasteiger partial charge in [0.25, 0.3) is 0 Å². The van der Waals surface area contributed by atoms with Crippen molar-refractivity contribution in [1.82, 2.24) is 20.3 Å². The minimum atomic E-state index is -0.677. The number of nitrogens with one attached hydrogen (secondary N) is 1. The van der Waals surface area contributed by atoms with Crippen molar-refractivity contribution in [3.8, 4) is 0 Å². The van der Waals surface area contributed by atoms with Crippen LogP contribution in [-0.4, -0.2) is 20.9 Å². The monoisotopic (exact) mass is 355 g/mol. The zero-order valence-corrected chi connectivity index (χ0v) is 14.2. The number of hydrogen-bond acceptors (Lipinski definition) is 7. The molecule has 5 N–H and O–H groups in total. The number of rotatable bonds is 4. The Hall–Kier alpha value is -2.67. The summed E-state index contributed by atoms with van der Waals surface area (Å²) in [4.78, 5) is 17.3. The Morgan fingerprint density at radius 3 is 2.72 bits per heavy atom. The summed E-state index contributed by atoms with van der Waals surface area (Å²) in [5, 5.41) is 3.42. The highest BCUT2D eigenvalue weighted by molar-refractivity contribution is 6.29. The van der Waals surface area contributed by atoms with Crippen molar-refractivity contribution in [3.63, 3.8) is 0 Å². The van der Waals surface area contributed by atoms with Gasteiger partial charge < -0.3 is 16.8 Å². The number of halogens is 1. The molecule has 1 unspecified atom stereocenters. The number of aromatic nitrogens is 3. The normalized spacial score (nSPS) is 22.8. The topological polar surface area (TPSA) is 115 Å². The second-order valence-electron chi connectivity index (χ2n) is 6.37. The van der Waals surface area contributed by atoms with Gasteiger partial charge in [-0.2, -0.15) is 0 Å². The van der Waals surface area contributed by atoms with E-state index >= 15 is 0 Å². The Morgan fingerprint density at radius 1 is 1.20 bits per heavy atom. The van der Waals surface area contributed by atoms with Crippen LogP contribution in [0.3, 0.4) is 0 Å². The molecule has 3 heterocycles. The van der Waals surface area contributed by atoms with Gasteiger partial charge >= 0.3 is 0 Å². The smallest absolute Gasteiger partial charge is 0.220 e. The van der Waals surface area contributed by atoms with Crippen LogP contribution in [0, 0.1) is 5.92 Å². The minimum Gasteiger partial charge on any atom is -0.370 e. The molecule has 128 valence electrons. The van der Waals surface area contributed by atoms with E-state index in [4.69, 9.17) is 28.1 Å². The predicted octanol–water partition coefficient (Wildman–Crippen LogP) is 2.06. The van der Waals surface area contributed by atoms with Gasteiger partial charge in [-0.1, -0.05) is 24.4 Å². The number of pyridine rings is 1. The molecule has 1 aliphatic heterocycles. The number of aliphatic imine (C=N–C) groups is 1. The van der Waals surface area contributed by atoms with E-state index in [1.165, 1.54) is 12.8 Å². The second-order valence-corrected chi connectivity index (χ2v) is 6.76. The Labute approximate surface area is 150 Å². The van der Waals surface area contributed by atoms with E-state index in [-0.39, 0.29) is 5.95 Å². The van der Waals surface area contributed by atoms with Crippen LogP contribution in [0.25, 0.3) is 5.57 Å². The van der Waals surface area contributed by atoms with Gasteiger partial charge in [-0.15, -0.1) is 0 Å². The van der Waals surface area contributed by atoms with Gasteiger partial charge in [0, 0.05) is 24.2 Å². The lowest BCUT2D eigenvalue weighted by molar-refractivity contribution is 0.485. The lowest BCUT2D eigenvalue weighted by Crippen LogP contribution is -2.40. The van der Waals surface area contributed by atoms with Gasteiger partial charge in [0.2, 0.25) is 5.95 Å². The zero-order valence-electron chi connectivity index (χ0n) is 13.5. The van der Waals surface area contributed by atoms with Crippen LogP contribution in [0.1, 0.15) is 30.5 Å². The Bertz CT molecular complexity index is 875. The van der Waals surface area contributed by atoms with E-state index in [1.807, 2.05) is 24.4 Å². The maximum absolute atomic E-state index is 6.16. The highest BCUT2D eigenvalue weighted by Crippen LogP contribution is 2.50. The van der Waals surface area contributed by atoms with Gasteiger partial charge in [-0.05, 0) is 36.1 Å². The first-order valence-electron chi connectivity index (χ1n) is 8.10. The molecule has 7 nitrogen and oxygen atoms in total. The molecule has 2 aromatic heterocycles. The SMILES string of the molecule is NC1=NC(CC2CC2)(c2ccnc(Cl)c2)C(c2ccnc(N)n2)=CN1. The largest absolute Gasteiger partial charge is 0.370 e. The van der Waals surface area contributed by atoms with E-state index in [0.29, 0.717) is 22.7 Å². The molecule has 2 aliphatic rings. The zero-order chi connectivity index (χ0) is 17.4. The molecule has 0 radical (unpaired) electrons. The lowest BCUT2D eigenvalue weighted by atomic mass is 9.77. The molecule has 1 fully saturated rings. The van der Waals surface area contributed by atoms with Gasteiger partial charge in [0.15, 0.2) is 5.96 Å². The van der Waals surface area contributed by atoms with Crippen molar-refractivity contribution in [2.75, 3.05) is 5.73 Å². The number of nitrogens with two attached hydrogens (primary N) is 2. The summed E-state index contributed by atoms with van der Waals surface area (Å²) in [5.74, 6) is 1.16. The molecule has 0 saturated heterocycles. The highest BCUT2D eigenvalue weighted by atomic mass is 35.5. The third kappa shape index (κ3) is 3.02. The maximum atomic E-state index is 6.16. The van der Waals surface area contributed by atoms with Gasteiger partial charge in [-0.25, -0.2) is 19.9 Å². The molecular weight excluding hydrogens is 338 g/mol. The first kappa shape index (κ1) is 15.8. The van der Waals surface area contributed by atoms with Crippen LogP contribution in [0.5, 0.6) is 0 Å². The fourth-order valence-corrected chi connectivity index (χ4v) is 3.44. The fourth-order valence-electron chi connectivity index (χ4n) is 3.27. The van der Waals surface area contributed by atoms with E-state index in [0.717, 1.165) is 17.6 Å². The molecule has 0 bridgehead atoms. The first-order valence-corrected chi connectivity index (χ1v) is 8.48. The predicted molar refractivity (Wildman–Crippen MR) is 97.4 cm³/mol. The van der Waals surface area contributed by atoms with E-state index in [1.54, 1.807) is 12.4 Å². The van der Waals surface area contributed by atoms with Crippen molar-refractivity contribution in [2.45, 2.75) is 24.8 Å². The van der Waals surface area contributed by atoms with Crippen molar-refractivity contribution < 1.29 is 0 Å². The number of anilines is 1. The first-order chi connectivity index (χ1) is 12.1. The molecule has 8 heteroatoms. The van der Waals surface area contributed by atoms with E-state index < -0.39 is 5.54 Å². The van der Waals surface area contributed by atoms with E-state index in [2.05, 4.69) is 20.3 Å². The van der Waals surface area contributed by atoms with Crippen LogP contribution in [0.2, 0.25) is 5.15 Å². The molecule has 1 saturated carbocycles. The summed E-state index contributed by atoms with van der Waals surface area (Å²) in [5.41, 5.74) is 13.7. The Morgan fingerprint density at radius 2 is 2.00 bits per heavy atom. The molecule has 1 aliphatic carbocycles. The number of guanidine groups is 1. The number of nitrogens with zero attached hydrogens (tertiary/aromatic N) is 4. The van der Waals surface area contributed by atoms with Gasteiger partial charge in [-0.3, -0.25) is 0 Å².